The van der Waals surface area contributed by atoms with Gasteiger partial charge in [0, 0.05) is 7.11 Å². The largest absolute Gasteiger partial charge is 0.506 e. The maximum absolute atomic E-state index is 9.22. The van der Waals surface area contributed by atoms with Gasteiger partial charge in [0.1, 0.15) is 6.10 Å². The van der Waals surface area contributed by atoms with Crippen molar-refractivity contribution in [3.05, 3.63) is 23.7 Å². The van der Waals surface area contributed by atoms with Gasteiger partial charge in [-0.15, -0.1) is 0 Å². The first-order valence-electron chi connectivity index (χ1n) is 2.97. The molecule has 1 aliphatic rings. The summed E-state index contributed by atoms with van der Waals surface area (Å²) in [5.41, 5.74) is 0. The third-order valence-corrected chi connectivity index (χ3v) is 1.42. The Morgan fingerprint density at radius 3 is 2.50 bits per heavy atom. The minimum atomic E-state index is -0.324. The van der Waals surface area contributed by atoms with Gasteiger partial charge in [-0.25, -0.2) is 0 Å². The number of rotatable bonds is 2. The minimum Gasteiger partial charge on any atom is -0.506 e. The summed E-state index contributed by atoms with van der Waals surface area (Å²) in [6.07, 6.45) is 3.09. The van der Waals surface area contributed by atoms with Crippen LogP contribution in [-0.2, 0) is 9.47 Å². The molecule has 0 aromatic heterocycles. The Bertz CT molecular complexity index is 181. The fourth-order valence-electron chi connectivity index (χ4n) is 0.854. The van der Waals surface area contributed by atoms with E-state index in [1.807, 2.05) is 0 Å². The summed E-state index contributed by atoms with van der Waals surface area (Å²) in [7, 11) is 3.04. The van der Waals surface area contributed by atoms with Gasteiger partial charge in [0.15, 0.2) is 11.5 Å². The molecule has 1 unspecified atom stereocenters. The minimum absolute atomic E-state index is 0.144. The molecule has 0 bridgehead atoms. The van der Waals surface area contributed by atoms with Crippen molar-refractivity contribution >= 4 is 0 Å². The number of ether oxygens (including phenoxy) is 2. The van der Waals surface area contributed by atoms with Crippen molar-refractivity contribution in [1.82, 2.24) is 0 Å². The summed E-state index contributed by atoms with van der Waals surface area (Å²) in [4.78, 5) is 0. The zero-order valence-corrected chi connectivity index (χ0v) is 6.00. The Morgan fingerprint density at radius 1 is 1.50 bits per heavy atom. The molecule has 1 rings (SSSR count). The fourth-order valence-corrected chi connectivity index (χ4v) is 0.854. The lowest BCUT2D eigenvalue weighted by atomic mass is 10.3. The second-order valence-corrected chi connectivity index (χ2v) is 1.97. The Balaban J connectivity index is 2.73. The zero-order chi connectivity index (χ0) is 7.56. The number of aliphatic hydroxyl groups excluding tert-OH is 1. The van der Waals surface area contributed by atoms with E-state index < -0.39 is 0 Å². The van der Waals surface area contributed by atoms with Crippen LogP contribution in [0.5, 0.6) is 0 Å². The third-order valence-electron chi connectivity index (χ3n) is 1.42. The van der Waals surface area contributed by atoms with Gasteiger partial charge in [-0.05, 0) is 12.2 Å². The first-order valence-corrected chi connectivity index (χ1v) is 2.97. The molecule has 0 aliphatic heterocycles. The maximum atomic E-state index is 9.22. The first-order chi connectivity index (χ1) is 4.79. The molecule has 1 N–H and O–H groups in total. The van der Waals surface area contributed by atoms with E-state index in [2.05, 4.69) is 0 Å². The molecule has 0 spiro atoms. The number of hydrogen-bond acceptors (Lipinski definition) is 3. The van der Waals surface area contributed by atoms with E-state index in [4.69, 9.17) is 9.47 Å². The van der Waals surface area contributed by atoms with Gasteiger partial charge in [-0.2, -0.15) is 0 Å². The molecule has 0 aromatic rings. The van der Waals surface area contributed by atoms with Crippen molar-refractivity contribution in [2.75, 3.05) is 14.2 Å². The second-order valence-electron chi connectivity index (χ2n) is 1.97. The number of hydrogen-bond donors (Lipinski definition) is 1. The Hall–Kier alpha value is -0.960. The number of methoxy groups -OCH3 is 2. The molecule has 0 fully saturated rings. The maximum Gasteiger partial charge on any atom is 0.167 e. The van der Waals surface area contributed by atoms with Gasteiger partial charge in [0.05, 0.1) is 7.11 Å². The molecule has 0 radical (unpaired) electrons. The smallest absolute Gasteiger partial charge is 0.167 e. The lowest BCUT2D eigenvalue weighted by Gasteiger charge is -2.05. The van der Waals surface area contributed by atoms with Crippen molar-refractivity contribution in [2.45, 2.75) is 6.10 Å². The van der Waals surface area contributed by atoms with Crippen LogP contribution in [-0.4, -0.2) is 25.4 Å². The molecule has 56 valence electrons. The Kier molecular flexibility index (Phi) is 1.97. The monoisotopic (exact) mass is 142 g/mol. The quantitative estimate of drug-likeness (QED) is 0.624. The van der Waals surface area contributed by atoms with E-state index in [-0.39, 0.29) is 11.9 Å². The van der Waals surface area contributed by atoms with E-state index in [1.54, 1.807) is 12.2 Å². The fraction of sp³-hybridized carbons (Fsp3) is 0.429. The predicted molar refractivity (Wildman–Crippen MR) is 36.6 cm³/mol. The van der Waals surface area contributed by atoms with Crippen LogP contribution in [0.25, 0.3) is 0 Å². The van der Waals surface area contributed by atoms with Gasteiger partial charge in [0.25, 0.3) is 0 Å². The Labute approximate surface area is 59.6 Å². The highest BCUT2D eigenvalue weighted by molar-refractivity contribution is 5.29. The number of allylic oxidation sites excluding steroid dienone is 1. The van der Waals surface area contributed by atoms with Crippen LogP contribution in [0.1, 0.15) is 0 Å². The average molecular weight is 142 g/mol. The van der Waals surface area contributed by atoms with Crippen molar-refractivity contribution in [3.63, 3.8) is 0 Å². The normalized spacial score (nSPS) is 24.0. The van der Waals surface area contributed by atoms with E-state index in [0.717, 1.165) is 0 Å². The van der Waals surface area contributed by atoms with Gasteiger partial charge in [-0.3, -0.25) is 0 Å². The lowest BCUT2D eigenvalue weighted by molar-refractivity contribution is 0.122. The zero-order valence-electron chi connectivity index (χ0n) is 6.00. The van der Waals surface area contributed by atoms with E-state index in [1.165, 1.54) is 14.2 Å². The molecule has 0 saturated heterocycles. The highest BCUT2D eigenvalue weighted by atomic mass is 16.5. The molecule has 1 atom stereocenters. The highest BCUT2D eigenvalue weighted by Crippen LogP contribution is 2.19. The summed E-state index contributed by atoms with van der Waals surface area (Å²) >= 11 is 0. The predicted octanol–water partition coefficient (Wildman–Crippen LogP) is 0.987. The van der Waals surface area contributed by atoms with Crippen molar-refractivity contribution < 1.29 is 14.6 Å². The van der Waals surface area contributed by atoms with Crippen LogP contribution in [0.3, 0.4) is 0 Å². The van der Waals surface area contributed by atoms with Crippen LogP contribution in [0.4, 0.5) is 0 Å². The van der Waals surface area contributed by atoms with E-state index >= 15 is 0 Å². The van der Waals surface area contributed by atoms with Crippen LogP contribution < -0.4 is 0 Å². The van der Waals surface area contributed by atoms with Crippen LogP contribution in [0.2, 0.25) is 0 Å². The molecule has 0 amide bonds. The summed E-state index contributed by atoms with van der Waals surface area (Å²) in [6, 6.07) is 0. The molecular formula is C7H10O3. The summed E-state index contributed by atoms with van der Waals surface area (Å²) in [5, 5.41) is 9.22. The average Bonchev–Trinajstić information content (AvgIpc) is 2.30. The van der Waals surface area contributed by atoms with Gasteiger partial charge >= 0.3 is 0 Å². The summed E-state index contributed by atoms with van der Waals surface area (Å²) in [5.74, 6) is 0.622. The second kappa shape index (κ2) is 2.75. The van der Waals surface area contributed by atoms with Crippen molar-refractivity contribution in [3.8, 4) is 0 Å². The van der Waals surface area contributed by atoms with Crippen LogP contribution in [0, 0.1) is 0 Å². The van der Waals surface area contributed by atoms with Crippen LogP contribution in [0.15, 0.2) is 23.7 Å². The van der Waals surface area contributed by atoms with Crippen molar-refractivity contribution in [1.29, 1.82) is 0 Å². The van der Waals surface area contributed by atoms with Gasteiger partial charge in [-0.1, -0.05) is 0 Å². The molecule has 1 aliphatic carbocycles. The SMILES string of the molecule is COC1=C(O)C(OC)C=C1. The first kappa shape index (κ1) is 7.15. The molecule has 3 heteroatoms. The molecular weight excluding hydrogens is 132 g/mol. The molecule has 0 aromatic carbocycles. The van der Waals surface area contributed by atoms with Gasteiger partial charge in [0.2, 0.25) is 0 Å². The molecule has 10 heavy (non-hydrogen) atoms. The lowest BCUT2D eigenvalue weighted by Crippen LogP contribution is -2.07. The highest BCUT2D eigenvalue weighted by Gasteiger charge is 2.19. The summed E-state index contributed by atoms with van der Waals surface area (Å²) in [6.45, 7) is 0. The van der Waals surface area contributed by atoms with E-state index in [0.29, 0.717) is 5.76 Å². The molecule has 0 heterocycles. The standard InChI is InChI=1S/C7H10O3/c1-9-5-3-4-6(10-2)7(5)8/h3-5,8H,1-2H3. The third kappa shape index (κ3) is 0.998. The topological polar surface area (TPSA) is 38.7 Å². The van der Waals surface area contributed by atoms with E-state index in [9.17, 15) is 5.11 Å². The summed E-state index contributed by atoms with van der Waals surface area (Å²) < 4.78 is 9.70. The van der Waals surface area contributed by atoms with Crippen LogP contribution >= 0.6 is 0 Å². The Morgan fingerprint density at radius 2 is 2.20 bits per heavy atom. The van der Waals surface area contributed by atoms with Gasteiger partial charge < -0.3 is 14.6 Å². The molecule has 0 saturated carbocycles. The molecule has 3 nitrogen and oxygen atoms in total. The number of aliphatic hydroxyl groups is 1. The van der Waals surface area contributed by atoms with Crippen molar-refractivity contribution in [2.24, 2.45) is 0 Å².